The highest BCUT2D eigenvalue weighted by molar-refractivity contribution is 5.80. The minimum absolute atomic E-state index is 0.0347. The van der Waals surface area contributed by atoms with Crippen LogP contribution in [0.1, 0.15) is 25.7 Å². The lowest BCUT2D eigenvalue weighted by Gasteiger charge is -2.34. The molecule has 0 radical (unpaired) electrons. The Kier molecular flexibility index (Phi) is 4.61. The van der Waals surface area contributed by atoms with Crippen LogP contribution in [-0.2, 0) is 4.79 Å². The van der Waals surface area contributed by atoms with E-state index in [1.54, 1.807) is 6.20 Å². The highest BCUT2D eigenvalue weighted by atomic mass is 19.1. The van der Waals surface area contributed by atoms with Crippen LogP contribution in [0.3, 0.4) is 0 Å². The molecule has 0 unspecified atom stereocenters. The second-order valence-electron chi connectivity index (χ2n) is 7.84. The van der Waals surface area contributed by atoms with E-state index in [2.05, 4.69) is 19.9 Å². The zero-order valence-electron chi connectivity index (χ0n) is 16.1. The lowest BCUT2D eigenvalue weighted by molar-refractivity contribution is -0.134. The molecule has 2 fully saturated rings. The number of piperidine rings is 1. The third-order valence-electron chi connectivity index (χ3n) is 5.82. The summed E-state index contributed by atoms with van der Waals surface area (Å²) in [5.41, 5.74) is 1.95. The number of anilines is 1. The van der Waals surface area contributed by atoms with E-state index in [0.717, 1.165) is 56.7 Å². The minimum Gasteiger partial charge on any atom is -0.356 e. The van der Waals surface area contributed by atoms with Crippen molar-refractivity contribution in [2.75, 3.05) is 31.1 Å². The number of hydrogen-bond acceptors (Lipinski definition) is 5. The zero-order valence-corrected chi connectivity index (χ0v) is 16.1. The number of amides is 1. The standard InChI is InChI=1S/C21H23FN6O/c22-16-10-15(11-23-12-16)19-24-17-5-6-18(25-20(17)26-19)28-9-3-4-14(13-28)21(29)27-7-1-2-8-27/h5-6,10-12,14H,1-4,7-9,13H2,(H,24,25,26)/t14-/m1/s1. The maximum Gasteiger partial charge on any atom is 0.227 e. The van der Waals surface area contributed by atoms with Crippen LogP contribution in [0.4, 0.5) is 10.2 Å². The first-order chi connectivity index (χ1) is 14.2. The number of aromatic nitrogens is 4. The fourth-order valence-electron chi connectivity index (χ4n) is 4.32. The quantitative estimate of drug-likeness (QED) is 0.739. The van der Waals surface area contributed by atoms with Gasteiger partial charge in [-0.05, 0) is 43.9 Å². The van der Waals surface area contributed by atoms with Crippen LogP contribution in [-0.4, -0.2) is 56.9 Å². The molecule has 29 heavy (non-hydrogen) atoms. The number of hydrogen-bond donors (Lipinski definition) is 1. The fourth-order valence-corrected chi connectivity index (χ4v) is 4.32. The largest absolute Gasteiger partial charge is 0.356 e. The first-order valence-corrected chi connectivity index (χ1v) is 10.2. The van der Waals surface area contributed by atoms with Crippen molar-refractivity contribution in [2.45, 2.75) is 25.7 Å². The van der Waals surface area contributed by atoms with Gasteiger partial charge in [0.05, 0.1) is 17.6 Å². The predicted octanol–water partition coefficient (Wildman–Crippen LogP) is 3.00. The first kappa shape index (κ1) is 18.0. The molecule has 5 rings (SSSR count). The molecule has 3 aromatic heterocycles. The molecule has 0 aliphatic carbocycles. The summed E-state index contributed by atoms with van der Waals surface area (Å²) in [6, 6.07) is 5.29. The average molecular weight is 394 g/mol. The van der Waals surface area contributed by atoms with Crippen LogP contribution in [0.2, 0.25) is 0 Å². The minimum atomic E-state index is -0.404. The monoisotopic (exact) mass is 394 g/mol. The summed E-state index contributed by atoms with van der Waals surface area (Å²) in [4.78, 5) is 33.3. The van der Waals surface area contributed by atoms with E-state index < -0.39 is 5.82 Å². The van der Waals surface area contributed by atoms with Crippen LogP contribution < -0.4 is 4.90 Å². The first-order valence-electron chi connectivity index (χ1n) is 10.2. The van der Waals surface area contributed by atoms with E-state index in [0.29, 0.717) is 23.6 Å². The molecular formula is C21H23FN6O. The summed E-state index contributed by atoms with van der Waals surface area (Å²) < 4.78 is 13.5. The predicted molar refractivity (Wildman–Crippen MR) is 108 cm³/mol. The van der Waals surface area contributed by atoms with Gasteiger partial charge in [-0.25, -0.2) is 14.4 Å². The molecule has 0 aromatic carbocycles. The van der Waals surface area contributed by atoms with Gasteiger partial charge >= 0.3 is 0 Å². The molecular weight excluding hydrogens is 371 g/mol. The summed E-state index contributed by atoms with van der Waals surface area (Å²) in [6.07, 6.45) is 6.88. The van der Waals surface area contributed by atoms with E-state index in [9.17, 15) is 9.18 Å². The number of aromatic amines is 1. The summed E-state index contributed by atoms with van der Waals surface area (Å²) >= 11 is 0. The maximum atomic E-state index is 13.5. The molecule has 2 aliphatic heterocycles. The topological polar surface area (TPSA) is 78.0 Å². The summed E-state index contributed by atoms with van der Waals surface area (Å²) in [5, 5.41) is 0. The molecule has 8 heteroatoms. The summed E-state index contributed by atoms with van der Waals surface area (Å²) in [6.45, 7) is 3.36. The highest BCUT2D eigenvalue weighted by Crippen LogP contribution is 2.27. The van der Waals surface area contributed by atoms with Crippen molar-refractivity contribution in [3.8, 4) is 11.4 Å². The Morgan fingerprint density at radius 3 is 2.79 bits per heavy atom. The van der Waals surface area contributed by atoms with Gasteiger partial charge in [0.25, 0.3) is 0 Å². The van der Waals surface area contributed by atoms with Gasteiger partial charge in [0.2, 0.25) is 5.91 Å². The van der Waals surface area contributed by atoms with Gasteiger partial charge in [-0.1, -0.05) is 0 Å². The number of fused-ring (bicyclic) bond motifs is 1. The lowest BCUT2D eigenvalue weighted by Crippen LogP contribution is -2.44. The van der Waals surface area contributed by atoms with Crippen molar-refractivity contribution in [2.24, 2.45) is 5.92 Å². The van der Waals surface area contributed by atoms with Gasteiger partial charge < -0.3 is 14.8 Å². The van der Waals surface area contributed by atoms with E-state index in [1.807, 2.05) is 17.0 Å². The summed E-state index contributed by atoms with van der Waals surface area (Å²) in [5.74, 6) is 1.28. The Bertz CT molecular complexity index is 1040. The second-order valence-corrected chi connectivity index (χ2v) is 7.84. The number of carbonyl (C=O) groups is 1. The molecule has 3 aromatic rings. The Labute approximate surface area is 168 Å². The molecule has 1 atom stereocenters. The lowest BCUT2D eigenvalue weighted by atomic mass is 9.96. The Balaban J connectivity index is 1.37. The molecule has 150 valence electrons. The average Bonchev–Trinajstić information content (AvgIpc) is 3.43. The summed E-state index contributed by atoms with van der Waals surface area (Å²) in [7, 11) is 0. The number of rotatable bonds is 3. The number of nitrogens with one attached hydrogen (secondary N) is 1. The maximum absolute atomic E-state index is 13.5. The van der Waals surface area contributed by atoms with Crippen molar-refractivity contribution in [1.29, 1.82) is 0 Å². The highest BCUT2D eigenvalue weighted by Gasteiger charge is 2.31. The molecule has 1 N–H and O–H groups in total. The van der Waals surface area contributed by atoms with E-state index >= 15 is 0 Å². The molecule has 0 spiro atoms. The Morgan fingerprint density at radius 2 is 1.97 bits per heavy atom. The number of carbonyl (C=O) groups excluding carboxylic acids is 1. The SMILES string of the molecule is O=C([C@@H]1CCCN(c2ccc3[nH]c(-c4cncc(F)c4)nc3n2)C1)N1CCCC1. The number of halogens is 1. The van der Waals surface area contributed by atoms with Gasteiger partial charge in [-0.2, -0.15) is 0 Å². The van der Waals surface area contributed by atoms with Crippen LogP contribution in [0.5, 0.6) is 0 Å². The third-order valence-corrected chi connectivity index (χ3v) is 5.82. The fraction of sp³-hybridized carbons (Fsp3) is 0.429. The normalized spacial score (nSPS) is 19.8. The zero-order chi connectivity index (χ0) is 19.8. The van der Waals surface area contributed by atoms with E-state index in [1.165, 1.54) is 12.3 Å². The number of H-pyrrole nitrogens is 1. The van der Waals surface area contributed by atoms with Crippen molar-refractivity contribution in [3.63, 3.8) is 0 Å². The number of nitrogens with zero attached hydrogens (tertiary/aromatic N) is 5. The van der Waals surface area contributed by atoms with E-state index in [4.69, 9.17) is 4.98 Å². The Hall–Kier alpha value is -3.03. The van der Waals surface area contributed by atoms with Crippen LogP contribution in [0, 0.1) is 11.7 Å². The smallest absolute Gasteiger partial charge is 0.227 e. The van der Waals surface area contributed by atoms with Gasteiger partial charge in [0.15, 0.2) is 5.65 Å². The molecule has 2 saturated heterocycles. The number of likely N-dealkylation sites (tertiary alicyclic amines) is 1. The van der Waals surface area contributed by atoms with Crippen molar-refractivity contribution in [3.05, 3.63) is 36.4 Å². The van der Waals surface area contributed by atoms with Gasteiger partial charge in [-0.3, -0.25) is 9.78 Å². The molecule has 7 nitrogen and oxygen atoms in total. The van der Waals surface area contributed by atoms with Gasteiger partial charge in [0, 0.05) is 37.9 Å². The second kappa shape index (κ2) is 7.42. The van der Waals surface area contributed by atoms with Crippen LogP contribution in [0.25, 0.3) is 22.6 Å². The molecule has 0 saturated carbocycles. The third kappa shape index (κ3) is 3.54. The van der Waals surface area contributed by atoms with Crippen LogP contribution in [0.15, 0.2) is 30.6 Å². The van der Waals surface area contributed by atoms with Crippen molar-refractivity contribution < 1.29 is 9.18 Å². The van der Waals surface area contributed by atoms with Crippen molar-refractivity contribution in [1.82, 2.24) is 24.8 Å². The molecule has 1 amide bonds. The number of imidazole rings is 1. The number of pyridine rings is 2. The van der Waals surface area contributed by atoms with Crippen LogP contribution >= 0.6 is 0 Å². The van der Waals surface area contributed by atoms with Gasteiger partial charge in [0.1, 0.15) is 17.5 Å². The molecule has 0 bridgehead atoms. The molecule has 2 aliphatic rings. The Morgan fingerprint density at radius 1 is 1.10 bits per heavy atom. The molecule has 5 heterocycles. The van der Waals surface area contributed by atoms with E-state index in [-0.39, 0.29) is 11.8 Å². The van der Waals surface area contributed by atoms with Crippen molar-refractivity contribution >= 4 is 22.9 Å². The van der Waals surface area contributed by atoms with Gasteiger partial charge in [-0.15, -0.1) is 0 Å².